The van der Waals surface area contributed by atoms with Gasteiger partial charge in [0.05, 0.1) is 32.7 Å². The van der Waals surface area contributed by atoms with Crippen molar-refractivity contribution < 1.29 is 24.0 Å². The minimum atomic E-state index is -0.692. The molecule has 0 atom stereocenters. The van der Waals surface area contributed by atoms with Gasteiger partial charge in [-0.25, -0.2) is 9.79 Å². The number of hydrogen-bond acceptors (Lipinski definition) is 8. The van der Waals surface area contributed by atoms with E-state index in [0.717, 1.165) is 0 Å². The van der Waals surface area contributed by atoms with Crippen molar-refractivity contribution in [2.24, 2.45) is 4.99 Å². The molecular weight excluding hydrogens is 506 g/mol. The highest BCUT2D eigenvalue weighted by Gasteiger charge is 2.24. The summed E-state index contributed by atoms with van der Waals surface area (Å²) in [5.41, 5.74) is 1.21. The van der Waals surface area contributed by atoms with Crippen molar-refractivity contribution in [3.05, 3.63) is 97.9 Å². The lowest BCUT2D eigenvalue weighted by Gasteiger charge is -2.11. The molecule has 3 aromatic rings. The molecule has 9 nitrogen and oxygen atoms in total. The van der Waals surface area contributed by atoms with E-state index in [1.54, 1.807) is 55.5 Å². The number of carbonyl (C=O) groups is 2. The number of rotatable bonds is 7. The van der Waals surface area contributed by atoms with Crippen molar-refractivity contribution in [3.63, 3.8) is 0 Å². The first kappa shape index (κ1) is 25.0. The number of hydrogen-bond donors (Lipinski definition) is 1. The zero-order valence-corrected chi connectivity index (χ0v) is 20.3. The highest BCUT2D eigenvalue weighted by Crippen LogP contribution is 2.34. The number of amides is 1. The van der Waals surface area contributed by atoms with Crippen LogP contribution in [0.1, 0.15) is 22.8 Å². The molecule has 0 aliphatic carbocycles. The maximum atomic E-state index is 12.5. The van der Waals surface area contributed by atoms with Gasteiger partial charge in [-0.1, -0.05) is 29.8 Å². The van der Waals surface area contributed by atoms with Gasteiger partial charge < -0.3 is 14.8 Å². The SMILES string of the molecule is CCOc1cc(/C=C2/SC(=Nc3ccccc3Cl)NC2=O)ccc1OC(=O)c1ccc([N+](=O)[O-])cc1. The first-order valence-electron chi connectivity index (χ1n) is 10.6. The number of thioether (sulfide) groups is 1. The van der Waals surface area contributed by atoms with E-state index in [1.165, 1.54) is 36.0 Å². The number of nitro benzene ring substituents is 1. The lowest BCUT2D eigenvalue weighted by molar-refractivity contribution is -0.384. The van der Waals surface area contributed by atoms with Gasteiger partial charge in [0.1, 0.15) is 0 Å². The number of para-hydroxylation sites is 1. The second-order valence-electron chi connectivity index (χ2n) is 7.27. The van der Waals surface area contributed by atoms with Gasteiger partial charge in [-0.3, -0.25) is 14.9 Å². The van der Waals surface area contributed by atoms with Gasteiger partial charge in [0.15, 0.2) is 16.7 Å². The van der Waals surface area contributed by atoms with Crippen molar-refractivity contribution in [2.45, 2.75) is 6.92 Å². The summed E-state index contributed by atoms with van der Waals surface area (Å²) in [5, 5.41) is 14.4. The number of amidine groups is 1. The number of nitro groups is 1. The molecule has 1 N–H and O–H groups in total. The fourth-order valence-electron chi connectivity index (χ4n) is 3.13. The topological polar surface area (TPSA) is 120 Å². The molecule has 0 bridgehead atoms. The van der Waals surface area contributed by atoms with E-state index >= 15 is 0 Å². The second-order valence-corrected chi connectivity index (χ2v) is 8.70. The highest BCUT2D eigenvalue weighted by molar-refractivity contribution is 8.18. The fourth-order valence-corrected chi connectivity index (χ4v) is 4.14. The number of carbonyl (C=O) groups excluding carboxylic acids is 2. The van der Waals surface area contributed by atoms with Crippen LogP contribution in [0.3, 0.4) is 0 Å². The largest absolute Gasteiger partial charge is 0.490 e. The molecule has 3 aromatic carbocycles. The predicted octanol–water partition coefficient (Wildman–Crippen LogP) is 5.76. The third-order valence-corrected chi connectivity index (χ3v) is 6.04. The summed E-state index contributed by atoms with van der Waals surface area (Å²) in [6.45, 7) is 2.09. The molecule has 4 rings (SSSR count). The standard InChI is InChI=1S/C25H18ClN3O6S/c1-2-34-21-13-15(7-12-20(21)35-24(31)16-8-10-17(11-9-16)29(32)33)14-22-23(30)28-25(36-22)27-19-6-4-3-5-18(19)26/h3-14H,2H2,1H3,(H,27,28,30)/b22-14+. The molecule has 0 radical (unpaired) electrons. The number of halogens is 1. The van der Waals surface area contributed by atoms with Crippen LogP contribution in [-0.2, 0) is 4.79 Å². The normalized spacial score (nSPS) is 15.1. The molecule has 1 heterocycles. The molecule has 1 fully saturated rings. The van der Waals surface area contributed by atoms with Crippen LogP contribution in [0.25, 0.3) is 6.08 Å². The third-order valence-electron chi connectivity index (χ3n) is 4.81. The average molecular weight is 524 g/mol. The number of aliphatic imine (C=N–C) groups is 1. The van der Waals surface area contributed by atoms with E-state index in [1.807, 2.05) is 0 Å². The summed E-state index contributed by atoms with van der Waals surface area (Å²) < 4.78 is 11.1. The fraction of sp³-hybridized carbons (Fsp3) is 0.0800. The summed E-state index contributed by atoms with van der Waals surface area (Å²) in [5.74, 6) is -0.525. The Balaban J connectivity index is 1.53. The van der Waals surface area contributed by atoms with Gasteiger partial charge >= 0.3 is 5.97 Å². The Labute approximate surface area is 214 Å². The van der Waals surface area contributed by atoms with Gasteiger partial charge in [0.25, 0.3) is 11.6 Å². The predicted molar refractivity (Wildman–Crippen MR) is 138 cm³/mol. The quantitative estimate of drug-likeness (QED) is 0.137. The lowest BCUT2D eigenvalue weighted by atomic mass is 10.1. The highest BCUT2D eigenvalue weighted by atomic mass is 35.5. The van der Waals surface area contributed by atoms with Crippen LogP contribution >= 0.6 is 23.4 Å². The average Bonchev–Trinajstić information content (AvgIpc) is 3.20. The summed E-state index contributed by atoms with van der Waals surface area (Å²) in [4.78, 5) is 40.0. The monoisotopic (exact) mass is 523 g/mol. The van der Waals surface area contributed by atoms with Crippen molar-refractivity contribution >= 4 is 57.9 Å². The maximum absolute atomic E-state index is 12.5. The number of nitrogens with one attached hydrogen (secondary N) is 1. The Morgan fingerprint density at radius 1 is 1.14 bits per heavy atom. The summed E-state index contributed by atoms with van der Waals surface area (Å²) in [6.07, 6.45) is 1.67. The molecular formula is C25H18ClN3O6S. The number of esters is 1. The minimum Gasteiger partial charge on any atom is -0.490 e. The van der Waals surface area contributed by atoms with Crippen LogP contribution < -0.4 is 14.8 Å². The summed E-state index contributed by atoms with van der Waals surface area (Å²) >= 11 is 7.31. The Morgan fingerprint density at radius 2 is 1.89 bits per heavy atom. The van der Waals surface area contributed by atoms with E-state index in [2.05, 4.69) is 10.3 Å². The molecule has 182 valence electrons. The molecule has 1 aliphatic heterocycles. The van der Waals surface area contributed by atoms with Gasteiger partial charge in [-0.05, 0) is 66.7 Å². The van der Waals surface area contributed by atoms with E-state index in [9.17, 15) is 19.7 Å². The molecule has 0 aromatic heterocycles. The summed E-state index contributed by atoms with van der Waals surface area (Å²) in [7, 11) is 0. The zero-order chi connectivity index (χ0) is 25.7. The van der Waals surface area contributed by atoms with Gasteiger partial charge in [-0.2, -0.15) is 0 Å². The Hall–Kier alpha value is -4.15. The van der Waals surface area contributed by atoms with Crippen LogP contribution in [0.4, 0.5) is 11.4 Å². The smallest absolute Gasteiger partial charge is 0.343 e. The van der Waals surface area contributed by atoms with Crippen LogP contribution in [0.15, 0.2) is 76.6 Å². The van der Waals surface area contributed by atoms with E-state index in [0.29, 0.717) is 38.7 Å². The van der Waals surface area contributed by atoms with E-state index < -0.39 is 10.9 Å². The van der Waals surface area contributed by atoms with Gasteiger partial charge in [-0.15, -0.1) is 0 Å². The maximum Gasteiger partial charge on any atom is 0.343 e. The molecule has 0 spiro atoms. The minimum absolute atomic E-state index is 0.132. The van der Waals surface area contributed by atoms with E-state index in [4.69, 9.17) is 21.1 Å². The third kappa shape index (κ3) is 5.91. The van der Waals surface area contributed by atoms with Crippen LogP contribution in [0.2, 0.25) is 5.02 Å². The molecule has 0 saturated carbocycles. The van der Waals surface area contributed by atoms with Crippen molar-refractivity contribution in [1.82, 2.24) is 5.32 Å². The first-order chi connectivity index (χ1) is 17.3. The van der Waals surface area contributed by atoms with Crippen molar-refractivity contribution in [1.29, 1.82) is 0 Å². The number of ether oxygens (including phenoxy) is 2. The van der Waals surface area contributed by atoms with Gasteiger partial charge in [0.2, 0.25) is 0 Å². The second kappa shape index (κ2) is 11.1. The van der Waals surface area contributed by atoms with E-state index in [-0.39, 0.29) is 22.9 Å². The van der Waals surface area contributed by atoms with Crippen LogP contribution in [0, 0.1) is 10.1 Å². The number of nitrogens with zero attached hydrogens (tertiary/aromatic N) is 2. The van der Waals surface area contributed by atoms with Crippen LogP contribution in [-0.4, -0.2) is 28.6 Å². The first-order valence-corrected chi connectivity index (χ1v) is 11.8. The Bertz CT molecular complexity index is 1410. The molecule has 36 heavy (non-hydrogen) atoms. The molecule has 1 amide bonds. The number of non-ortho nitro benzene ring substituents is 1. The van der Waals surface area contributed by atoms with Crippen molar-refractivity contribution in [2.75, 3.05) is 6.61 Å². The summed E-state index contributed by atoms with van der Waals surface area (Å²) in [6, 6.07) is 17.0. The molecule has 1 aliphatic rings. The molecule has 11 heteroatoms. The Kier molecular flexibility index (Phi) is 7.67. The number of benzene rings is 3. The lowest BCUT2D eigenvalue weighted by Crippen LogP contribution is -2.19. The zero-order valence-electron chi connectivity index (χ0n) is 18.8. The van der Waals surface area contributed by atoms with Crippen molar-refractivity contribution in [3.8, 4) is 11.5 Å². The van der Waals surface area contributed by atoms with Gasteiger partial charge in [0, 0.05) is 12.1 Å². The Morgan fingerprint density at radius 3 is 2.58 bits per heavy atom. The van der Waals surface area contributed by atoms with Crippen LogP contribution in [0.5, 0.6) is 11.5 Å². The molecule has 0 unspecified atom stereocenters. The molecule has 1 saturated heterocycles.